The summed E-state index contributed by atoms with van der Waals surface area (Å²) in [5, 5.41) is 2.72. The van der Waals surface area contributed by atoms with Gasteiger partial charge < -0.3 is 5.32 Å². The summed E-state index contributed by atoms with van der Waals surface area (Å²) in [5.41, 5.74) is 1.69. The first-order valence-electron chi connectivity index (χ1n) is 8.75. The average molecular weight is 498 g/mol. The SMILES string of the molecule is CC(C)n1c(=O)sc2cc(NC(=O)CN(c3ccccc3Br)S(C)(=O)=O)ccc21. The van der Waals surface area contributed by atoms with Crippen LogP contribution in [0.15, 0.2) is 51.7 Å². The molecule has 0 atom stereocenters. The number of fused-ring (bicyclic) bond motifs is 1. The number of hydrogen-bond donors (Lipinski definition) is 1. The molecule has 0 aliphatic heterocycles. The Labute approximate surface area is 181 Å². The smallest absolute Gasteiger partial charge is 0.308 e. The minimum absolute atomic E-state index is 0.0318. The zero-order chi connectivity index (χ0) is 21.3. The first-order valence-corrected chi connectivity index (χ1v) is 12.2. The Morgan fingerprint density at radius 2 is 1.93 bits per heavy atom. The molecular weight excluding hydrogens is 478 g/mol. The molecule has 0 saturated carbocycles. The second-order valence-electron chi connectivity index (χ2n) is 6.78. The minimum atomic E-state index is -3.67. The highest BCUT2D eigenvalue weighted by Gasteiger charge is 2.23. The quantitative estimate of drug-likeness (QED) is 0.560. The van der Waals surface area contributed by atoms with E-state index in [4.69, 9.17) is 0 Å². The third-order valence-corrected chi connectivity index (χ3v) is 6.94. The summed E-state index contributed by atoms with van der Waals surface area (Å²) in [4.78, 5) is 24.7. The molecule has 3 aromatic rings. The van der Waals surface area contributed by atoms with Crippen LogP contribution in [0, 0.1) is 0 Å². The van der Waals surface area contributed by atoms with Crippen LogP contribution in [-0.4, -0.2) is 31.7 Å². The Morgan fingerprint density at radius 1 is 1.24 bits per heavy atom. The van der Waals surface area contributed by atoms with Gasteiger partial charge in [0.05, 0.1) is 22.2 Å². The number of carbonyl (C=O) groups excluding carboxylic acids is 1. The van der Waals surface area contributed by atoms with E-state index >= 15 is 0 Å². The van der Waals surface area contributed by atoms with Crippen molar-refractivity contribution in [2.75, 3.05) is 22.4 Å². The van der Waals surface area contributed by atoms with Crippen LogP contribution < -0.4 is 14.5 Å². The lowest BCUT2D eigenvalue weighted by molar-refractivity contribution is -0.114. The second kappa shape index (κ2) is 8.29. The summed E-state index contributed by atoms with van der Waals surface area (Å²) < 4.78 is 28.5. The van der Waals surface area contributed by atoms with Gasteiger partial charge in [-0.3, -0.25) is 18.5 Å². The molecule has 0 aliphatic rings. The Hall–Kier alpha value is -2.17. The second-order valence-corrected chi connectivity index (χ2v) is 10.5. The predicted octanol–water partition coefficient (Wildman–Crippen LogP) is 3.81. The van der Waals surface area contributed by atoms with Gasteiger partial charge in [0, 0.05) is 16.2 Å². The molecule has 0 saturated heterocycles. The van der Waals surface area contributed by atoms with Gasteiger partial charge in [0.15, 0.2) is 0 Å². The molecule has 0 radical (unpaired) electrons. The van der Waals surface area contributed by atoms with Crippen molar-refractivity contribution >= 4 is 64.8 Å². The molecule has 10 heteroatoms. The van der Waals surface area contributed by atoms with Crippen molar-refractivity contribution in [2.24, 2.45) is 0 Å². The van der Waals surface area contributed by atoms with Crippen LogP contribution in [0.25, 0.3) is 10.2 Å². The van der Waals surface area contributed by atoms with Crippen LogP contribution in [0.1, 0.15) is 19.9 Å². The van der Waals surface area contributed by atoms with Crippen molar-refractivity contribution < 1.29 is 13.2 Å². The first kappa shape index (κ1) is 21.5. The molecule has 1 aromatic heterocycles. The van der Waals surface area contributed by atoms with E-state index in [1.54, 1.807) is 47.0 Å². The van der Waals surface area contributed by atoms with Gasteiger partial charge in [-0.05, 0) is 60.1 Å². The van der Waals surface area contributed by atoms with Gasteiger partial charge in [-0.15, -0.1) is 0 Å². The normalized spacial score (nSPS) is 11.8. The van der Waals surface area contributed by atoms with Crippen molar-refractivity contribution in [1.82, 2.24) is 4.57 Å². The van der Waals surface area contributed by atoms with Gasteiger partial charge in [-0.2, -0.15) is 0 Å². The summed E-state index contributed by atoms with van der Waals surface area (Å²) in [6, 6.07) is 12.0. The number of carbonyl (C=O) groups is 1. The van der Waals surface area contributed by atoms with E-state index < -0.39 is 15.9 Å². The maximum absolute atomic E-state index is 12.6. The molecule has 1 N–H and O–H groups in total. The number of halogens is 1. The van der Waals surface area contributed by atoms with Crippen LogP contribution in [0.4, 0.5) is 11.4 Å². The van der Waals surface area contributed by atoms with Gasteiger partial charge in [0.1, 0.15) is 6.54 Å². The standard InChI is InChI=1S/C19H20BrN3O4S2/c1-12(2)23-16-9-8-13(10-17(16)28-19(23)25)21-18(24)11-22(29(3,26)27)15-7-5-4-6-14(15)20/h4-10,12H,11H2,1-3H3,(H,21,24). The minimum Gasteiger partial charge on any atom is -0.324 e. The highest BCUT2D eigenvalue weighted by Crippen LogP contribution is 2.28. The van der Waals surface area contributed by atoms with Gasteiger partial charge >= 0.3 is 4.87 Å². The predicted molar refractivity (Wildman–Crippen MR) is 121 cm³/mol. The number of benzene rings is 2. The third-order valence-electron chi connectivity index (χ3n) is 4.22. The van der Waals surface area contributed by atoms with Crippen molar-refractivity contribution in [1.29, 1.82) is 0 Å². The van der Waals surface area contributed by atoms with Gasteiger partial charge in [0.25, 0.3) is 0 Å². The number of nitrogens with zero attached hydrogens (tertiary/aromatic N) is 2. The molecular formula is C19H20BrN3O4S2. The Kier molecular flexibility index (Phi) is 6.16. The number of thiazole rings is 1. The highest BCUT2D eigenvalue weighted by atomic mass is 79.9. The average Bonchev–Trinajstić information content (AvgIpc) is 2.94. The fourth-order valence-corrected chi connectivity index (χ4v) is 5.51. The fourth-order valence-electron chi connectivity index (χ4n) is 2.97. The van der Waals surface area contributed by atoms with E-state index in [0.717, 1.165) is 32.1 Å². The summed E-state index contributed by atoms with van der Waals surface area (Å²) in [6.07, 6.45) is 1.05. The van der Waals surface area contributed by atoms with Crippen molar-refractivity contribution in [3.8, 4) is 0 Å². The molecule has 3 rings (SSSR count). The van der Waals surface area contributed by atoms with E-state index in [1.807, 2.05) is 13.8 Å². The molecule has 1 amide bonds. The molecule has 0 aliphatic carbocycles. The lowest BCUT2D eigenvalue weighted by atomic mass is 10.2. The number of anilines is 2. The van der Waals surface area contributed by atoms with E-state index in [-0.39, 0.29) is 17.5 Å². The van der Waals surface area contributed by atoms with Crippen LogP contribution in [0.5, 0.6) is 0 Å². The van der Waals surface area contributed by atoms with Gasteiger partial charge in [-0.25, -0.2) is 8.42 Å². The number of amides is 1. The molecule has 0 fully saturated rings. The van der Waals surface area contributed by atoms with E-state index in [1.165, 1.54) is 0 Å². The summed E-state index contributed by atoms with van der Waals surface area (Å²) in [6.45, 7) is 3.50. The van der Waals surface area contributed by atoms with E-state index in [2.05, 4.69) is 21.2 Å². The summed E-state index contributed by atoms with van der Waals surface area (Å²) >= 11 is 4.43. The van der Waals surface area contributed by atoms with Crippen LogP contribution >= 0.6 is 27.3 Å². The molecule has 0 unspecified atom stereocenters. The molecule has 1 heterocycles. The molecule has 29 heavy (non-hydrogen) atoms. The van der Waals surface area contributed by atoms with Crippen LogP contribution in [0.2, 0.25) is 0 Å². The highest BCUT2D eigenvalue weighted by molar-refractivity contribution is 9.10. The molecule has 0 spiro atoms. The number of aromatic nitrogens is 1. The summed E-state index contributed by atoms with van der Waals surface area (Å²) in [5.74, 6) is -0.485. The van der Waals surface area contributed by atoms with E-state index in [0.29, 0.717) is 15.8 Å². The molecule has 7 nitrogen and oxygen atoms in total. The Balaban J connectivity index is 1.85. The number of hydrogen-bond acceptors (Lipinski definition) is 5. The number of nitrogens with one attached hydrogen (secondary N) is 1. The fraction of sp³-hybridized carbons (Fsp3) is 0.263. The van der Waals surface area contributed by atoms with Crippen molar-refractivity contribution in [3.05, 3.63) is 56.6 Å². The largest absolute Gasteiger partial charge is 0.324 e. The summed E-state index contributed by atoms with van der Waals surface area (Å²) in [7, 11) is -3.67. The molecule has 0 bridgehead atoms. The maximum Gasteiger partial charge on any atom is 0.308 e. The van der Waals surface area contributed by atoms with Crippen LogP contribution in [0.3, 0.4) is 0 Å². The number of para-hydroxylation sites is 1. The monoisotopic (exact) mass is 497 g/mol. The van der Waals surface area contributed by atoms with Gasteiger partial charge in [-0.1, -0.05) is 23.5 Å². The molecule has 154 valence electrons. The zero-order valence-electron chi connectivity index (χ0n) is 16.0. The van der Waals surface area contributed by atoms with Gasteiger partial charge in [0.2, 0.25) is 15.9 Å². The topological polar surface area (TPSA) is 88.5 Å². The zero-order valence-corrected chi connectivity index (χ0v) is 19.3. The van der Waals surface area contributed by atoms with Crippen LogP contribution in [-0.2, 0) is 14.8 Å². The molecule has 2 aromatic carbocycles. The third kappa shape index (κ3) is 4.71. The lowest BCUT2D eigenvalue weighted by Gasteiger charge is -2.23. The lowest BCUT2D eigenvalue weighted by Crippen LogP contribution is -2.37. The van der Waals surface area contributed by atoms with Crippen molar-refractivity contribution in [3.63, 3.8) is 0 Å². The first-order chi connectivity index (χ1) is 13.6. The Bertz CT molecular complexity index is 1230. The maximum atomic E-state index is 12.6. The Morgan fingerprint density at radius 3 is 2.55 bits per heavy atom. The number of sulfonamides is 1. The number of rotatable bonds is 6. The van der Waals surface area contributed by atoms with Crippen molar-refractivity contribution in [2.45, 2.75) is 19.9 Å². The van der Waals surface area contributed by atoms with E-state index in [9.17, 15) is 18.0 Å².